The molecule has 7 heteroatoms. The second-order valence-electron chi connectivity index (χ2n) is 4.97. The number of anilines is 1. The monoisotopic (exact) mass is 323 g/mol. The summed E-state index contributed by atoms with van der Waals surface area (Å²) in [6.45, 7) is 0. The molecule has 110 valence electrons. The van der Waals surface area contributed by atoms with Gasteiger partial charge in [0.2, 0.25) is 0 Å². The number of nitrogens with one attached hydrogen (secondary N) is 1. The Kier molecular flexibility index (Phi) is 3.82. The van der Waals surface area contributed by atoms with Gasteiger partial charge in [0, 0.05) is 0 Å². The first-order valence-corrected chi connectivity index (χ1v) is 8.53. The number of nitrogens with zero attached hydrogens (tertiary/aromatic N) is 2. The van der Waals surface area contributed by atoms with Gasteiger partial charge < -0.3 is 0 Å². The summed E-state index contributed by atoms with van der Waals surface area (Å²) in [7, 11) is -3.66. The van der Waals surface area contributed by atoms with Crippen molar-refractivity contribution < 1.29 is 8.42 Å². The van der Waals surface area contributed by atoms with E-state index in [1.54, 1.807) is 12.1 Å². The molecule has 1 aliphatic rings. The second kappa shape index (κ2) is 5.61. The van der Waals surface area contributed by atoms with Crippen LogP contribution in [0.2, 0.25) is 5.15 Å². The quantitative estimate of drug-likeness (QED) is 0.942. The summed E-state index contributed by atoms with van der Waals surface area (Å²) in [5, 5.41) is 0.215. The number of sulfonamides is 1. The third kappa shape index (κ3) is 3.16. The molecule has 0 aliphatic heterocycles. The molecule has 1 aliphatic carbocycles. The molecular weight excluding hydrogens is 310 g/mol. The highest BCUT2D eigenvalue weighted by molar-refractivity contribution is 7.92. The van der Waals surface area contributed by atoms with Crippen molar-refractivity contribution in [3.63, 3.8) is 0 Å². The summed E-state index contributed by atoms with van der Waals surface area (Å²) in [5.41, 5.74) is 2.36. The van der Waals surface area contributed by atoms with Crippen molar-refractivity contribution in [2.45, 2.75) is 30.6 Å². The van der Waals surface area contributed by atoms with Crippen molar-refractivity contribution in [1.82, 2.24) is 9.97 Å². The fraction of sp³-hybridized carbons (Fsp3) is 0.286. The standard InChI is InChI=1S/C14H14ClN3O2S/c15-13-8-17-14(9-16-13)18-21(19,20)12-6-5-10-3-1-2-4-11(10)7-12/h5-9H,1-4H2,(H,17,18). The van der Waals surface area contributed by atoms with Gasteiger partial charge in [-0.05, 0) is 48.9 Å². The molecule has 21 heavy (non-hydrogen) atoms. The highest BCUT2D eigenvalue weighted by Crippen LogP contribution is 2.24. The summed E-state index contributed by atoms with van der Waals surface area (Å²) in [5.74, 6) is 0.150. The minimum absolute atomic E-state index is 0.150. The fourth-order valence-corrected chi connectivity index (χ4v) is 3.58. The molecule has 1 heterocycles. The largest absolute Gasteiger partial charge is 0.263 e. The van der Waals surface area contributed by atoms with Crippen LogP contribution < -0.4 is 4.72 Å². The van der Waals surface area contributed by atoms with E-state index < -0.39 is 10.0 Å². The summed E-state index contributed by atoms with van der Waals surface area (Å²) >= 11 is 5.63. The average Bonchev–Trinajstić information content (AvgIpc) is 2.49. The molecule has 5 nitrogen and oxygen atoms in total. The van der Waals surface area contributed by atoms with Gasteiger partial charge in [-0.2, -0.15) is 0 Å². The number of aryl methyl sites for hydroxylation is 2. The SMILES string of the molecule is O=S(=O)(Nc1cnc(Cl)cn1)c1ccc2c(c1)CCCC2. The van der Waals surface area contributed by atoms with Gasteiger partial charge in [0.25, 0.3) is 10.0 Å². The number of hydrogen-bond donors (Lipinski definition) is 1. The summed E-state index contributed by atoms with van der Waals surface area (Å²) in [4.78, 5) is 7.94. The Balaban J connectivity index is 1.89. The molecule has 0 spiro atoms. The average molecular weight is 324 g/mol. The Morgan fingerprint density at radius 3 is 2.52 bits per heavy atom. The molecule has 1 aromatic heterocycles. The lowest BCUT2D eigenvalue weighted by molar-refractivity contribution is 0.600. The maximum absolute atomic E-state index is 12.4. The van der Waals surface area contributed by atoms with Crippen LogP contribution in [0.15, 0.2) is 35.5 Å². The summed E-state index contributed by atoms with van der Waals surface area (Å²) < 4.78 is 27.1. The highest BCUT2D eigenvalue weighted by Gasteiger charge is 2.18. The van der Waals surface area contributed by atoms with Gasteiger partial charge >= 0.3 is 0 Å². The van der Waals surface area contributed by atoms with Gasteiger partial charge in [0.1, 0.15) is 5.15 Å². The van der Waals surface area contributed by atoms with E-state index in [0.29, 0.717) is 0 Å². The maximum Gasteiger partial charge on any atom is 0.263 e. The zero-order valence-electron chi connectivity index (χ0n) is 11.2. The first kappa shape index (κ1) is 14.3. The third-order valence-electron chi connectivity index (χ3n) is 3.49. The Morgan fingerprint density at radius 1 is 1.05 bits per heavy atom. The summed E-state index contributed by atoms with van der Waals surface area (Å²) in [6, 6.07) is 5.28. The molecule has 0 fully saturated rings. The van der Waals surface area contributed by atoms with Crippen LogP contribution in [0.3, 0.4) is 0 Å². The molecule has 0 atom stereocenters. The van der Waals surface area contributed by atoms with Gasteiger partial charge in [-0.3, -0.25) is 4.72 Å². The number of benzene rings is 1. The Hall–Kier alpha value is -1.66. The Morgan fingerprint density at radius 2 is 1.81 bits per heavy atom. The van der Waals surface area contributed by atoms with E-state index >= 15 is 0 Å². The number of fused-ring (bicyclic) bond motifs is 1. The predicted molar refractivity (Wildman–Crippen MR) is 80.9 cm³/mol. The van der Waals surface area contributed by atoms with Crippen LogP contribution >= 0.6 is 11.6 Å². The highest BCUT2D eigenvalue weighted by atomic mass is 35.5. The van der Waals surface area contributed by atoms with Crippen LogP contribution in [0, 0.1) is 0 Å². The maximum atomic E-state index is 12.4. The topological polar surface area (TPSA) is 72.0 Å². The first-order chi connectivity index (χ1) is 10.0. The smallest absolute Gasteiger partial charge is 0.262 e. The number of rotatable bonds is 3. The Labute approximate surface area is 128 Å². The predicted octanol–water partition coefficient (Wildman–Crippen LogP) is 2.81. The number of aromatic nitrogens is 2. The molecule has 0 bridgehead atoms. The lowest BCUT2D eigenvalue weighted by atomic mass is 9.92. The van der Waals surface area contributed by atoms with E-state index in [1.165, 1.54) is 18.0 Å². The van der Waals surface area contributed by atoms with E-state index in [9.17, 15) is 8.42 Å². The van der Waals surface area contributed by atoms with Crippen molar-refractivity contribution in [2.75, 3.05) is 4.72 Å². The lowest BCUT2D eigenvalue weighted by Gasteiger charge is -2.16. The van der Waals surface area contributed by atoms with Crippen LogP contribution in [0.25, 0.3) is 0 Å². The van der Waals surface area contributed by atoms with E-state index in [-0.39, 0.29) is 15.9 Å². The van der Waals surface area contributed by atoms with Crippen molar-refractivity contribution in [2.24, 2.45) is 0 Å². The summed E-state index contributed by atoms with van der Waals surface area (Å²) in [6.07, 6.45) is 6.81. The van der Waals surface area contributed by atoms with Crippen LogP contribution in [0.1, 0.15) is 24.0 Å². The van der Waals surface area contributed by atoms with E-state index in [0.717, 1.165) is 31.2 Å². The molecule has 0 saturated heterocycles. The van der Waals surface area contributed by atoms with Gasteiger partial charge in [-0.15, -0.1) is 0 Å². The number of halogens is 1. The van der Waals surface area contributed by atoms with Gasteiger partial charge in [0.15, 0.2) is 5.82 Å². The van der Waals surface area contributed by atoms with Gasteiger partial charge in [-0.25, -0.2) is 18.4 Å². The van der Waals surface area contributed by atoms with Crippen LogP contribution in [0.4, 0.5) is 5.82 Å². The second-order valence-corrected chi connectivity index (χ2v) is 7.04. The molecule has 1 N–H and O–H groups in total. The van der Waals surface area contributed by atoms with Gasteiger partial charge in [0.05, 0.1) is 17.3 Å². The van der Waals surface area contributed by atoms with Crippen molar-refractivity contribution in [3.8, 4) is 0 Å². The number of hydrogen-bond acceptors (Lipinski definition) is 4. The molecule has 0 saturated carbocycles. The Bertz CT molecular complexity index is 760. The van der Waals surface area contributed by atoms with E-state index in [1.807, 2.05) is 6.07 Å². The van der Waals surface area contributed by atoms with Crippen LogP contribution in [-0.2, 0) is 22.9 Å². The third-order valence-corrected chi connectivity index (χ3v) is 5.04. The van der Waals surface area contributed by atoms with Crippen molar-refractivity contribution in [1.29, 1.82) is 0 Å². The molecule has 3 rings (SSSR count). The van der Waals surface area contributed by atoms with Crippen molar-refractivity contribution in [3.05, 3.63) is 46.9 Å². The van der Waals surface area contributed by atoms with Crippen LogP contribution in [0.5, 0.6) is 0 Å². The van der Waals surface area contributed by atoms with Crippen molar-refractivity contribution >= 4 is 27.4 Å². The van der Waals surface area contributed by atoms with E-state index in [4.69, 9.17) is 11.6 Å². The molecular formula is C14H14ClN3O2S. The van der Waals surface area contributed by atoms with Crippen LogP contribution in [-0.4, -0.2) is 18.4 Å². The first-order valence-electron chi connectivity index (χ1n) is 6.67. The zero-order chi connectivity index (χ0) is 14.9. The minimum atomic E-state index is -3.66. The molecule has 0 unspecified atom stereocenters. The minimum Gasteiger partial charge on any atom is -0.262 e. The molecule has 0 amide bonds. The fourth-order valence-electron chi connectivity index (χ4n) is 2.44. The lowest BCUT2D eigenvalue weighted by Crippen LogP contribution is -2.15. The molecule has 1 aromatic carbocycles. The normalized spacial score (nSPS) is 14.5. The van der Waals surface area contributed by atoms with E-state index in [2.05, 4.69) is 14.7 Å². The zero-order valence-corrected chi connectivity index (χ0v) is 12.8. The molecule has 0 radical (unpaired) electrons. The molecule has 2 aromatic rings. The van der Waals surface area contributed by atoms with Gasteiger partial charge in [-0.1, -0.05) is 17.7 Å².